The minimum Gasteiger partial charge on any atom is -0.496 e. The van der Waals surface area contributed by atoms with Gasteiger partial charge in [0.15, 0.2) is 11.5 Å². The second-order valence-electron chi connectivity index (χ2n) is 9.65. The molecule has 0 spiro atoms. The summed E-state index contributed by atoms with van der Waals surface area (Å²) in [7, 11) is 7.56. The van der Waals surface area contributed by atoms with E-state index >= 15 is 0 Å². The summed E-state index contributed by atoms with van der Waals surface area (Å²) in [6, 6.07) is 8.92. The maximum atomic E-state index is 6.12. The molecule has 0 bridgehead atoms. The lowest BCUT2D eigenvalue weighted by Crippen LogP contribution is -2.31. The number of methoxy groups -OCH3 is 2. The Labute approximate surface area is 187 Å². The second kappa shape index (κ2) is 9.49. The Hall–Kier alpha value is -2.24. The predicted octanol–water partition coefficient (Wildman–Crippen LogP) is 4.49. The van der Waals surface area contributed by atoms with Gasteiger partial charge in [0.2, 0.25) is 0 Å². The molecule has 0 aromatic heterocycles. The van der Waals surface area contributed by atoms with Gasteiger partial charge in [-0.2, -0.15) is 0 Å². The average molecular weight is 427 g/mol. The summed E-state index contributed by atoms with van der Waals surface area (Å²) in [5.74, 6) is 2.56. The first-order valence-electron chi connectivity index (χ1n) is 11.1. The SMILES string of the molecule is COc1cc2c(cc1OCCN(C)C)C(c1cc(C(C)(C)C)c(OC)cc1C)NCC2. The highest BCUT2D eigenvalue weighted by Gasteiger charge is 2.28. The van der Waals surface area contributed by atoms with Crippen molar-refractivity contribution >= 4 is 0 Å². The fraction of sp³-hybridized carbons (Fsp3) is 0.538. The van der Waals surface area contributed by atoms with Gasteiger partial charge in [0.25, 0.3) is 0 Å². The minimum atomic E-state index is -0.00828. The van der Waals surface area contributed by atoms with Gasteiger partial charge in [-0.25, -0.2) is 0 Å². The number of nitrogens with one attached hydrogen (secondary N) is 1. The van der Waals surface area contributed by atoms with E-state index in [4.69, 9.17) is 14.2 Å². The van der Waals surface area contributed by atoms with Crippen LogP contribution in [0.25, 0.3) is 0 Å². The number of fused-ring (bicyclic) bond motifs is 1. The van der Waals surface area contributed by atoms with Gasteiger partial charge in [-0.05, 0) is 84.9 Å². The Morgan fingerprint density at radius 2 is 1.68 bits per heavy atom. The molecule has 0 aliphatic carbocycles. The van der Waals surface area contributed by atoms with E-state index in [0.717, 1.165) is 36.8 Å². The molecule has 0 saturated heterocycles. The molecule has 2 aromatic rings. The molecule has 5 nitrogen and oxygen atoms in total. The van der Waals surface area contributed by atoms with Crippen LogP contribution < -0.4 is 19.5 Å². The third-order valence-electron chi connectivity index (χ3n) is 5.98. The van der Waals surface area contributed by atoms with Gasteiger partial charge in [0.05, 0.1) is 20.3 Å². The summed E-state index contributed by atoms with van der Waals surface area (Å²) in [6.45, 7) is 11.3. The molecule has 1 aliphatic rings. The van der Waals surface area contributed by atoms with E-state index in [0.29, 0.717) is 6.61 Å². The third-order valence-corrected chi connectivity index (χ3v) is 5.98. The lowest BCUT2D eigenvalue weighted by molar-refractivity contribution is 0.250. The minimum absolute atomic E-state index is 0.00828. The van der Waals surface area contributed by atoms with Crippen LogP contribution in [0.4, 0.5) is 0 Å². The monoisotopic (exact) mass is 426 g/mol. The number of aryl methyl sites for hydroxylation is 1. The van der Waals surface area contributed by atoms with E-state index in [1.807, 2.05) is 14.1 Å². The third kappa shape index (κ3) is 5.16. The topological polar surface area (TPSA) is 43.0 Å². The summed E-state index contributed by atoms with van der Waals surface area (Å²) in [5, 5.41) is 3.74. The Morgan fingerprint density at radius 1 is 0.968 bits per heavy atom. The summed E-state index contributed by atoms with van der Waals surface area (Å²) in [4.78, 5) is 2.12. The molecule has 3 rings (SSSR count). The average Bonchev–Trinajstić information content (AvgIpc) is 2.71. The van der Waals surface area contributed by atoms with E-state index in [1.165, 1.54) is 27.8 Å². The van der Waals surface area contributed by atoms with Crippen LogP contribution in [0.2, 0.25) is 0 Å². The Balaban J connectivity index is 2.06. The summed E-state index contributed by atoms with van der Waals surface area (Å²) in [5.41, 5.74) is 6.30. The summed E-state index contributed by atoms with van der Waals surface area (Å²) in [6.07, 6.45) is 0.974. The van der Waals surface area contributed by atoms with Gasteiger partial charge in [0, 0.05) is 13.1 Å². The zero-order valence-electron chi connectivity index (χ0n) is 20.4. The molecular formula is C26H38N2O3. The normalized spacial score (nSPS) is 16.2. The number of benzene rings is 2. The number of likely N-dealkylation sites (N-methyl/N-ethyl adjacent to an activating group) is 1. The number of nitrogens with zero attached hydrogens (tertiary/aromatic N) is 1. The van der Waals surface area contributed by atoms with E-state index in [9.17, 15) is 0 Å². The molecule has 1 atom stereocenters. The zero-order chi connectivity index (χ0) is 22.8. The van der Waals surface area contributed by atoms with E-state index < -0.39 is 0 Å². The van der Waals surface area contributed by atoms with Crippen molar-refractivity contribution in [3.63, 3.8) is 0 Å². The van der Waals surface area contributed by atoms with Gasteiger partial charge in [0.1, 0.15) is 12.4 Å². The van der Waals surface area contributed by atoms with Gasteiger partial charge in [-0.1, -0.05) is 20.8 Å². The molecule has 170 valence electrons. The largest absolute Gasteiger partial charge is 0.496 e. The first kappa shape index (κ1) is 23.4. The number of hydrogen-bond donors (Lipinski definition) is 1. The molecule has 0 fully saturated rings. The van der Waals surface area contributed by atoms with Crippen LogP contribution in [0.5, 0.6) is 17.2 Å². The number of rotatable bonds is 7. The first-order chi connectivity index (χ1) is 14.7. The Bertz CT molecular complexity index is 916. The zero-order valence-corrected chi connectivity index (χ0v) is 20.4. The fourth-order valence-electron chi connectivity index (χ4n) is 4.22. The summed E-state index contributed by atoms with van der Waals surface area (Å²) >= 11 is 0. The molecule has 0 radical (unpaired) electrons. The standard InChI is InChI=1S/C26H38N2O3/c1-17-13-22(29-7)21(26(2,3)4)15-19(17)25-20-16-24(31-12-11-28(5)6)23(30-8)14-18(20)9-10-27-25/h13-16,25,27H,9-12H2,1-8H3. The van der Waals surface area contributed by atoms with Crippen LogP contribution in [0.15, 0.2) is 24.3 Å². The molecular weight excluding hydrogens is 388 g/mol. The molecule has 1 unspecified atom stereocenters. The number of ether oxygens (including phenoxy) is 3. The Morgan fingerprint density at radius 3 is 2.29 bits per heavy atom. The van der Waals surface area contributed by atoms with Crippen molar-refractivity contribution in [3.8, 4) is 17.2 Å². The second-order valence-corrected chi connectivity index (χ2v) is 9.65. The van der Waals surface area contributed by atoms with Gasteiger partial charge < -0.3 is 24.4 Å². The van der Waals surface area contributed by atoms with Gasteiger partial charge in [-0.15, -0.1) is 0 Å². The first-order valence-corrected chi connectivity index (χ1v) is 11.1. The van der Waals surface area contributed by atoms with Crippen LogP contribution in [-0.2, 0) is 11.8 Å². The molecule has 31 heavy (non-hydrogen) atoms. The van der Waals surface area contributed by atoms with Crippen LogP contribution in [-0.4, -0.2) is 52.9 Å². The number of hydrogen-bond acceptors (Lipinski definition) is 5. The predicted molar refractivity (Wildman–Crippen MR) is 127 cm³/mol. The van der Waals surface area contributed by atoms with Crippen molar-refractivity contribution in [1.29, 1.82) is 0 Å². The van der Waals surface area contributed by atoms with E-state index in [2.05, 4.69) is 62.2 Å². The van der Waals surface area contributed by atoms with Gasteiger partial charge >= 0.3 is 0 Å². The van der Waals surface area contributed by atoms with Crippen LogP contribution in [0.3, 0.4) is 0 Å². The Kier molecular flexibility index (Phi) is 7.17. The van der Waals surface area contributed by atoms with Crippen molar-refractivity contribution in [3.05, 3.63) is 52.1 Å². The molecule has 5 heteroatoms. The highest BCUT2D eigenvalue weighted by atomic mass is 16.5. The summed E-state index contributed by atoms with van der Waals surface area (Å²) < 4.78 is 17.5. The maximum absolute atomic E-state index is 6.12. The molecule has 0 saturated carbocycles. The molecule has 1 aliphatic heterocycles. The molecule has 0 amide bonds. The molecule has 1 heterocycles. The lowest BCUT2D eigenvalue weighted by Gasteiger charge is -2.32. The fourth-order valence-corrected chi connectivity index (χ4v) is 4.22. The smallest absolute Gasteiger partial charge is 0.161 e. The highest BCUT2D eigenvalue weighted by molar-refractivity contribution is 5.54. The maximum Gasteiger partial charge on any atom is 0.161 e. The van der Waals surface area contributed by atoms with Crippen molar-refractivity contribution in [2.75, 3.05) is 48.0 Å². The highest BCUT2D eigenvalue weighted by Crippen LogP contribution is 2.41. The van der Waals surface area contributed by atoms with E-state index in [1.54, 1.807) is 14.2 Å². The van der Waals surface area contributed by atoms with Crippen molar-refractivity contribution in [1.82, 2.24) is 10.2 Å². The van der Waals surface area contributed by atoms with Crippen LogP contribution in [0.1, 0.15) is 54.6 Å². The van der Waals surface area contributed by atoms with E-state index in [-0.39, 0.29) is 11.5 Å². The van der Waals surface area contributed by atoms with Crippen molar-refractivity contribution < 1.29 is 14.2 Å². The quantitative estimate of drug-likeness (QED) is 0.707. The molecule has 1 N–H and O–H groups in total. The van der Waals surface area contributed by atoms with Crippen molar-refractivity contribution in [2.45, 2.75) is 45.6 Å². The van der Waals surface area contributed by atoms with Gasteiger partial charge in [-0.3, -0.25) is 0 Å². The van der Waals surface area contributed by atoms with Crippen LogP contribution in [0, 0.1) is 6.92 Å². The van der Waals surface area contributed by atoms with Crippen molar-refractivity contribution in [2.24, 2.45) is 0 Å². The molecule has 2 aromatic carbocycles. The lowest BCUT2D eigenvalue weighted by atomic mass is 9.81. The van der Waals surface area contributed by atoms with Crippen LogP contribution >= 0.6 is 0 Å².